The predicted octanol–water partition coefficient (Wildman–Crippen LogP) is 1.48. The molecule has 0 spiro atoms. The third-order valence-electron chi connectivity index (χ3n) is 6.15. The number of hydrogen-bond donors (Lipinski definition) is 4. The summed E-state index contributed by atoms with van der Waals surface area (Å²) in [6.07, 6.45) is 9.48. The Kier molecular flexibility index (Phi) is 4.06. The molecule has 2 aromatic rings. The molecule has 4 unspecified atom stereocenters. The normalized spacial score (nSPS) is 30.8. The van der Waals surface area contributed by atoms with E-state index in [0.717, 1.165) is 36.3 Å². The van der Waals surface area contributed by atoms with Crippen molar-refractivity contribution in [2.24, 2.45) is 11.7 Å². The Morgan fingerprint density at radius 3 is 3.00 bits per heavy atom. The average Bonchev–Trinajstić information content (AvgIpc) is 3.23. The number of aromatic nitrogens is 2. The highest BCUT2D eigenvalue weighted by molar-refractivity contribution is 7.19. The highest BCUT2D eigenvalue weighted by Gasteiger charge is 2.43. The number of thiophene rings is 1. The number of hydrazine groups is 1. The topological polar surface area (TPSA) is 105 Å². The highest BCUT2D eigenvalue weighted by atomic mass is 32.1. The van der Waals surface area contributed by atoms with Crippen LogP contribution >= 0.6 is 11.3 Å². The maximum atomic E-state index is 11.7. The number of nitrogens with one attached hydrogen (secondary N) is 3. The van der Waals surface area contributed by atoms with Crippen LogP contribution in [0.5, 0.6) is 0 Å². The molecule has 2 aliphatic carbocycles. The molecule has 4 atom stereocenters. The third-order valence-corrected chi connectivity index (χ3v) is 7.35. The van der Waals surface area contributed by atoms with E-state index >= 15 is 0 Å². The molecule has 3 heterocycles. The maximum absolute atomic E-state index is 11.7. The van der Waals surface area contributed by atoms with E-state index in [-0.39, 0.29) is 17.9 Å². The summed E-state index contributed by atoms with van der Waals surface area (Å²) in [6, 6.07) is 0.339. The first-order valence-corrected chi connectivity index (χ1v) is 10.3. The van der Waals surface area contributed by atoms with Crippen molar-refractivity contribution < 1.29 is 4.79 Å². The maximum Gasteiger partial charge on any atom is 0.236 e. The summed E-state index contributed by atoms with van der Waals surface area (Å²) in [4.78, 5) is 23.4. The van der Waals surface area contributed by atoms with E-state index in [1.165, 1.54) is 35.1 Å². The average molecular weight is 372 g/mol. The number of fused-ring (bicyclic) bond motifs is 4. The molecule has 8 heteroatoms. The van der Waals surface area contributed by atoms with Crippen LogP contribution in [0.15, 0.2) is 6.33 Å². The molecular weight excluding hydrogens is 348 g/mol. The van der Waals surface area contributed by atoms with E-state index < -0.39 is 0 Å². The zero-order valence-electron chi connectivity index (χ0n) is 14.6. The van der Waals surface area contributed by atoms with Gasteiger partial charge in [0.05, 0.1) is 5.39 Å². The van der Waals surface area contributed by atoms with Crippen molar-refractivity contribution in [2.75, 3.05) is 5.32 Å². The summed E-state index contributed by atoms with van der Waals surface area (Å²) >= 11 is 1.82. The second kappa shape index (κ2) is 6.44. The number of primary amides is 1. The number of hydrogen-bond acceptors (Lipinski definition) is 7. The molecule has 2 aromatic heterocycles. The molecule has 26 heavy (non-hydrogen) atoms. The molecule has 3 aliphatic rings. The number of rotatable bonds is 3. The standard InChI is InChI=1S/C18H24N6OS/c19-16(25)15-11-7-9(5-6-12(11)23-24-15)22-17-14-10-3-1-2-4-13(10)26-18(14)21-8-20-17/h8-9,11-12,15,23-24H,1-7H2,(H2,19,25)(H,20,21,22). The van der Waals surface area contributed by atoms with E-state index in [4.69, 9.17) is 5.73 Å². The predicted molar refractivity (Wildman–Crippen MR) is 102 cm³/mol. The Bertz CT molecular complexity index is 852. The van der Waals surface area contributed by atoms with E-state index in [9.17, 15) is 4.79 Å². The Morgan fingerprint density at radius 2 is 2.12 bits per heavy atom. The van der Waals surface area contributed by atoms with E-state index in [0.29, 0.717) is 12.1 Å². The van der Waals surface area contributed by atoms with Gasteiger partial charge < -0.3 is 11.1 Å². The molecule has 5 rings (SSSR count). The lowest BCUT2D eigenvalue weighted by Gasteiger charge is -2.33. The van der Waals surface area contributed by atoms with E-state index in [1.54, 1.807) is 6.33 Å². The number of aryl methyl sites for hydroxylation is 2. The largest absolute Gasteiger partial charge is 0.368 e. The van der Waals surface area contributed by atoms with Crippen LogP contribution in [0, 0.1) is 5.92 Å². The summed E-state index contributed by atoms with van der Waals surface area (Å²) in [7, 11) is 0. The fourth-order valence-electron chi connectivity index (χ4n) is 4.86. The van der Waals surface area contributed by atoms with Crippen LogP contribution in [0.2, 0.25) is 0 Å². The number of nitrogens with zero attached hydrogens (tertiary/aromatic N) is 2. The number of carbonyl (C=O) groups excluding carboxylic acids is 1. The van der Waals surface area contributed by atoms with Crippen molar-refractivity contribution in [3.63, 3.8) is 0 Å². The van der Waals surface area contributed by atoms with Crippen LogP contribution in [0.3, 0.4) is 0 Å². The van der Waals surface area contributed by atoms with Crippen molar-refractivity contribution in [3.8, 4) is 0 Å². The van der Waals surface area contributed by atoms with Crippen LogP contribution in [-0.4, -0.2) is 34.0 Å². The van der Waals surface area contributed by atoms with E-state index in [1.807, 2.05) is 11.3 Å². The fraction of sp³-hybridized carbons (Fsp3) is 0.611. The lowest BCUT2D eigenvalue weighted by atomic mass is 9.79. The molecular formula is C18H24N6OS. The highest BCUT2D eigenvalue weighted by Crippen LogP contribution is 2.39. The van der Waals surface area contributed by atoms with Gasteiger partial charge in [0, 0.05) is 22.9 Å². The zero-order chi connectivity index (χ0) is 17.7. The number of amides is 1. The third kappa shape index (κ3) is 2.67. The van der Waals surface area contributed by atoms with Crippen molar-refractivity contribution in [2.45, 2.75) is 63.1 Å². The Balaban J connectivity index is 1.41. The molecule has 5 N–H and O–H groups in total. The molecule has 7 nitrogen and oxygen atoms in total. The van der Waals surface area contributed by atoms with Gasteiger partial charge in [-0.3, -0.25) is 10.2 Å². The molecule has 1 saturated carbocycles. The van der Waals surface area contributed by atoms with Gasteiger partial charge in [0.1, 0.15) is 23.0 Å². The van der Waals surface area contributed by atoms with Gasteiger partial charge in [-0.1, -0.05) is 0 Å². The van der Waals surface area contributed by atoms with Crippen LogP contribution in [0.4, 0.5) is 5.82 Å². The molecule has 0 aromatic carbocycles. The van der Waals surface area contributed by atoms with Crippen LogP contribution in [0.1, 0.15) is 42.5 Å². The lowest BCUT2D eigenvalue weighted by molar-refractivity contribution is -0.120. The monoisotopic (exact) mass is 372 g/mol. The van der Waals surface area contributed by atoms with Crippen molar-refractivity contribution in [1.82, 2.24) is 20.8 Å². The van der Waals surface area contributed by atoms with Crippen LogP contribution < -0.4 is 21.9 Å². The number of nitrogens with two attached hydrogens (primary N) is 1. The Labute approximate surface area is 156 Å². The van der Waals surface area contributed by atoms with Gasteiger partial charge >= 0.3 is 0 Å². The first kappa shape index (κ1) is 16.4. The summed E-state index contributed by atoms with van der Waals surface area (Å²) < 4.78 is 0. The minimum atomic E-state index is -0.288. The molecule has 138 valence electrons. The van der Waals surface area contributed by atoms with Crippen LogP contribution in [0.25, 0.3) is 10.2 Å². The second-order valence-electron chi connectivity index (χ2n) is 7.71. The van der Waals surface area contributed by atoms with Crippen molar-refractivity contribution in [1.29, 1.82) is 0 Å². The van der Waals surface area contributed by atoms with Gasteiger partial charge in [0.25, 0.3) is 0 Å². The summed E-state index contributed by atoms with van der Waals surface area (Å²) in [6.45, 7) is 0. The van der Waals surface area contributed by atoms with Gasteiger partial charge in [-0.15, -0.1) is 11.3 Å². The molecule has 1 saturated heterocycles. The molecule has 0 bridgehead atoms. The first-order chi connectivity index (χ1) is 12.7. The SMILES string of the molecule is NC(=O)C1NNC2CCC(Nc3ncnc4sc5c(c34)CCCC5)CC21. The van der Waals surface area contributed by atoms with Crippen molar-refractivity contribution >= 4 is 33.3 Å². The summed E-state index contributed by atoms with van der Waals surface area (Å²) in [5.41, 5.74) is 13.3. The minimum Gasteiger partial charge on any atom is -0.368 e. The van der Waals surface area contributed by atoms with Gasteiger partial charge in [0.15, 0.2) is 0 Å². The number of carbonyl (C=O) groups is 1. The second-order valence-corrected chi connectivity index (χ2v) is 8.79. The van der Waals surface area contributed by atoms with Crippen molar-refractivity contribution in [3.05, 3.63) is 16.8 Å². The summed E-state index contributed by atoms with van der Waals surface area (Å²) in [5, 5.41) is 4.91. The quantitative estimate of drug-likeness (QED) is 0.650. The molecule has 0 radical (unpaired) electrons. The Hall–Kier alpha value is -1.77. The van der Waals surface area contributed by atoms with Crippen LogP contribution in [-0.2, 0) is 17.6 Å². The number of anilines is 1. The van der Waals surface area contributed by atoms with Gasteiger partial charge in [-0.25, -0.2) is 15.4 Å². The summed E-state index contributed by atoms with van der Waals surface area (Å²) in [5.74, 6) is 0.918. The smallest absolute Gasteiger partial charge is 0.236 e. The molecule has 2 fully saturated rings. The zero-order valence-corrected chi connectivity index (χ0v) is 15.4. The fourth-order valence-corrected chi connectivity index (χ4v) is 6.09. The van der Waals surface area contributed by atoms with Gasteiger partial charge in [-0.05, 0) is 50.5 Å². The molecule has 1 amide bonds. The van der Waals surface area contributed by atoms with Gasteiger partial charge in [-0.2, -0.15) is 0 Å². The molecule has 1 aliphatic heterocycles. The Morgan fingerprint density at radius 1 is 1.23 bits per heavy atom. The van der Waals surface area contributed by atoms with Gasteiger partial charge in [0.2, 0.25) is 5.91 Å². The minimum absolute atomic E-state index is 0.229. The van der Waals surface area contributed by atoms with E-state index in [2.05, 4.69) is 26.1 Å². The lowest BCUT2D eigenvalue weighted by Crippen LogP contribution is -2.44. The first-order valence-electron chi connectivity index (χ1n) is 9.53.